The lowest BCUT2D eigenvalue weighted by Gasteiger charge is -2.10. The maximum atomic E-state index is 13.4. The van der Waals surface area contributed by atoms with Crippen LogP contribution in [0.4, 0.5) is 4.39 Å². The number of halogens is 1. The first-order chi connectivity index (χ1) is 12.1. The molecule has 3 rings (SSSR count). The lowest BCUT2D eigenvalue weighted by molar-refractivity contribution is -0.121. The topological polar surface area (TPSA) is 43.3 Å². The number of hydrogen-bond donors (Lipinski definition) is 1. The molecule has 1 aromatic heterocycles. The molecular formula is C20H21FN2O2. The van der Waals surface area contributed by atoms with Crippen LogP contribution < -0.4 is 10.1 Å². The Labute approximate surface area is 146 Å². The minimum Gasteiger partial charge on any atom is -0.490 e. The predicted octanol–water partition coefficient (Wildman–Crippen LogP) is 3.67. The van der Waals surface area contributed by atoms with Gasteiger partial charge in [0, 0.05) is 17.8 Å². The zero-order valence-electron chi connectivity index (χ0n) is 14.2. The van der Waals surface area contributed by atoms with Crippen LogP contribution in [0.5, 0.6) is 5.75 Å². The summed E-state index contributed by atoms with van der Waals surface area (Å²) in [7, 11) is 0. The van der Waals surface area contributed by atoms with Crippen molar-refractivity contribution in [1.29, 1.82) is 0 Å². The van der Waals surface area contributed by atoms with E-state index in [9.17, 15) is 9.18 Å². The van der Waals surface area contributed by atoms with Gasteiger partial charge in [-0.1, -0.05) is 30.3 Å². The Balaban J connectivity index is 1.45. The van der Waals surface area contributed by atoms with Crippen molar-refractivity contribution in [1.82, 2.24) is 9.88 Å². The number of amides is 1. The van der Waals surface area contributed by atoms with Gasteiger partial charge in [-0.25, -0.2) is 4.39 Å². The zero-order chi connectivity index (χ0) is 17.6. The summed E-state index contributed by atoms with van der Waals surface area (Å²) < 4.78 is 20.8. The molecule has 0 aliphatic rings. The van der Waals surface area contributed by atoms with E-state index in [1.54, 1.807) is 18.2 Å². The van der Waals surface area contributed by atoms with E-state index in [-0.39, 0.29) is 24.0 Å². The van der Waals surface area contributed by atoms with E-state index in [1.807, 2.05) is 35.8 Å². The Kier molecular flexibility index (Phi) is 5.33. The smallest absolute Gasteiger partial charge is 0.239 e. The number of aromatic nitrogens is 1. The van der Waals surface area contributed by atoms with Gasteiger partial charge < -0.3 is 14.6 Å². The molecule has 0 fully saturated rings. The van der Waals surface area contributed by atoms with Gasteiger partial charge in [0.15, 0.2) is 11.6 Å². The third-order valence-electron chi connectivity index (χ3n) is 4.06. The molecule has 0 saturated carbocycles. The van der Waals surface area contributed by atoms with Gasteiger partial charge in [0.05, 0.1) is 6.61 Å². The number of ether oxygens (including phenoxy) is 1. The molecule has 0 aliphatic carbocycles. The number of hydrogen-bond acceptors (Lipinski definition) is 2. The van der Waals surface area contributed by atoms with Gasteiger partial charge in [-0.15, -0.1) is 0 Å². The van der Waals surface area contributed by atoms with Crippen LogP contribution in [0.25, 0.3) is 10.9 Å². The minimum absolute atomic E-state index is 0.0460. The summed E-state index contributed by atoms with van der Waals surface area (Å²) >= 11 is 0. The van der Waals surface area contributed by atoms with Gasteiger partial charge in [0.2, 0.25) is 5.91 Å². The highest BCUT2D eigenvalue weighted by Gasteiger charge is 2.09. The molecule has 0 bridgehead atoms. The second-order valence-electron chi connectivity index (χ2n) is 5.91. The molecule has 0 unspecified atom stereocenters. The molecule has 5 heteroatoms. The average Bonchev–Trinajstić information content (AvgIpc) is 2.92. The van der Waals surface area contributed by atoms with E-state index in [4.69, 9.17) is 4.74 Å². The van der Waals surface area contributed by atoms with Crippen LogP contribution >= 0.6 is 0 Å². The van der Waals surface area contributed by atoms with Crippen molar-refractivity contribution in [3.63, 3.8) is 0 Å². The molecule has 0 saturated heterocycles. The van der Waals surface area contributed by atoms with Crippen molar-refractivity contribution in [2.45, 2.75) is 19.9 Å². The van der Waals surface area contributed by atoms with Gasteiger partial charge in [-0.3, -0.25) is 4.79 Å². The van der Waals surface area contributed by atoms with Gasteiger partial charge in [0.25, 0.3) is 0 Å². The summed E-state index contributed by atoms with van der Waals surface area (Å²) in [5, 5.41) is 4.01. The van der Waals surface area contributed by atoms with Crippen LogP contribution in [0.1, 0.15) is 12.1 Å². The van der Waals surface area contributed by atoms with Crippen LogP contribution in [0.3, 0.4) is 0 Å². The molecule has 1 N–H and O–H groups in total. The van der Waals surface area contributed by atoms with Crippen LogP contribution in [-0.2, 0) is 11.3 Å². The fraction of sp³-hybridized carbons (Fsp3) is 0.250. The third kappa shape index (κ3) is 4.18. The average molecular weight is 340 g/mol. The highest BCUT2D eigenvalue weighted by molar-refractivity contribution is 5.84. The quantitative estimate of drug-likeness (QED) is 0.667. The number of nitrogens with one attached hydrogen (secondary N) is 1. The maximum Gasteiger partial charge on any atom is 0.239 e. The Morgan fingerprint density at radius 1 is 1.16 bits per heavy atom. The number of aryl methyl sites for hydroxylation is 1. The lowest BCUT2D eigenvalue weighted by atomic mass is 10.2. The van der Waals surface area contributed by atoms with Crippen molar-refractivity contribution in [2.24, 2.45) is 0 Å². The van der Waals surface area contributed by atoms with Gasteiger partial charge in [-0.05, 0) is 43.0 Å². The number of carbonyl (C=O) groups is 1. The van der Waals surface area contributed by atoms with Crippen LogP contribution in [0.2, 0.25) is 0 Å². The maximum absolute atomic E-state index is 13.4. The molecule has 25 heavy (non-hydrogen) atoms. The number of nitrogens with zero attached hydrogens (tertiary/aromatic N) is 1. The Hall–Kier alpha value is -2.82. The summed E-state index contributed by atoms with van der Waals surface area (Å²) in [6.45, 7) is 3.13. The fourth-order valence-electron chi connectivity index (χ4n) is 2.80. The van der Waals surface area contributed by atoms with E-state index in [0.717, 1.165) is 16.6 Å². The molecule has 3 aromatic rings. The Bertz CT molecular complexity index is 873. The molecule has 2 aromatic carbocycles. The fourth-order valence-corrected chi connectivity index (χ4v) is 2.80. The SMILES string of the molecule is Cc1cc2ccccc2n1CC(=O)NCCCOc1ccccc1F. The standard InChI is InChI=1S/C20H21FN2O2/c1-15-13-16-7-2-4-9-18(16)23(15)14-20(24)22-11-6-12-25-19-10-5-3-8-17(19)21/h2-5,7-10,13H,6,11-12,14H2,1H3,(H,22,24). The summed E-state index contributed by atoms with van der Waals surface area (Å²) in [6.07, 6.45) is 0.617. The summed E-state index contributed by atoms with van der Waals surface area (Å²) in [6, 6.07) is 16.4. The summed E-state index contributed by atoms with van der Waals surface area (Å²) in [5.74, 6) is -0.180. The normalized spacial score (nSPS) is 10.8. The lowest BCUT2D eigenvalue weighted by Crippen LogP contribution is -2.29. The highest BCUT2D eigenvalue weighted by atomic mass is 19.1. The third-order valence-corrected chi connectivity index (χ3v) is 4.06. The first kappa shape index (κ1) is 17.0. The van der Waals surface area contributed by atoms with Gasteiger partial charge >= 0.3 is 0 Å². The molecule has 0 radical (unpaired) electrons. The molecule has 130 valence electrons. The van der Waals surface area contributed by atoms with E-state index < -0.39 is 0 Å². The number of para-hydroxylation sites is 2. The zero-order valence-corrected chi connectivity index (χ0v) is 14.2. The molecule has 0 atom stereocenters. The van der Waals surface area contributed by atoms with Crippen molar-refractivity contribution >= 4 is 16.8 Å². The van der Waals surface area contributed by atoms with Crippen LogP contribution in [-0.4, -0.2) is 23.6 Å². The van der Waals surface area contributed by atoms with Gasteiger partial charge in [0.1, 0.15) is 6.54 Å². The molecule has 1 amide bonds. The molecular weight excluding hydrogens is 319 g/mol. The Morgan fingerprint density at radius 3 is 2.76 bits per heavy atom. The van der Waals surface area contributed by atoms with Crippen LogP contribution in [0, 0.1) is 12.7 Å². The highest BCUT2D eigenvalue weighted by Crippen LogP contribution is 2.19. The number of benzene rings is 2. The van der Waals surface area contributed by atoms with Crippen molar-refractivity contribution in [3.05, 3.63) is 66.1 Å². The largest absolute Gasteiger partial charge is 0.490 e. The molecule has 1 heterocycles. The summed E-state index contributed by atoms with van der Waals surface area (Å²) in [5.41, 5.74) is 2.11. The first-order valence-electron chi connectivity index (χ1n) is 8.34. The Morgan fingerprint density at radius 2 is 1.92 bits per heavy atom. The van der Waals surface area contributed by atoms with E-state index in [1.165, 1.54) is 6.07 Å². The van der Waals surface area contributed by atoms with E-state index >= 15 is 0 Å². The number of fused-ring (bicyclic) bond motifs is 1. The van der Waals surface area contributed by atoms with Crippen molar-refractivity contribution in [2.75, 3.05) is 13.2 Å². The number of rotatable bonds is 7. The second-order valence-corrected chi connectivity index (χ2v) is 5.91. The van der Waals surface area contributed by atoms with Crippen molar-refractivity contribution in [3.8, 4) is 5.75 Å². The van der Waals surface area contributed by atoms with E-state index in [0.29, 0.717) is 19.6 Å². The van der Waals surface area contributed by atoms with Crippen LogP contribution in [0.15, 0.2) is 54.6 Å². The van der Waals surface area contributed by atoms with Crippen molar-refractivity contribution < 1.29 is 13.9 Å². The second kappa shape index (κ2) is 7.83. The minimum atomic E-state index is -0.374. The molecule has 4 nitrogen and oxygen atoms in total. The molecule has 0 spiro atoms. The number of carbonyl (C=O) groups excluding carboxylic acids is 1. The van der Waals surface area contributed by atoms with E-state index in [2.05, 4.69) is 11.4 Å². The van der Waals surface area contributed by atoms with Gasteiger partial charge in [-0.2, -0.15) is 0 Å². The molecule has 0 aliphatic heterocycles. The summed E-state index contributed by atoms with van der Waals surface area (Å²) in [4.78, 5) is 12.2. The predicted molar refractivity (Wildman–Crippen MR) is 96.2 cm³/mol. The monoisotopic (exact) mass is 340 g/mol. The first-order valence-corrected chi connectivity index (χ1v) is 8.34.